The zero-order chi connectivity index (χ0) is 18.4. The first-order chi connectivity index (χ1) is 12.6. The van der Waals surface area contributed by atoms with Crippen LogP contribution in [0.1, 0.15) is 26.2 Å². The smallest absolute Gasteiger partial charge is 0.307 e. The van der Waals surface area contributed by atoms with E-state index in [0.717, 1.165) is 44.8 Å². The van der Waals surface area contributed by atoms with Crippen molar-refractivity contribution in [2.45, 2.75) is 32.3 Å². The summed E-state index contributed by atoms with van der Waals surface area (Å²) in [7, 11) is 0. The first-order valence-electron chi connectivity index (χ1n) is 9.21. The molecule has 2 atom stereocenters. The molecule has 1 N–H and O–H groups in total. The van der Waals surface area contributed by atoms with Gasteiger partial charge in [-0.25, -0.2) is 0 Å². The van der Waals surface area contributed by atoms with Gasteiger partial charge in [-0.1, -0.05) is 12.2 Å². The van der Waals surface area contributed by atoms with Crippen molar-refractivity contribution in [1.29, 1.82) is 0 Å². The maximum atomic E-state index is 12.2. The molecule has 0 aromatic heterocycles. The quantitative estimate of drug-likeness (QED) is 0.626. The summed E-state index contributed by atoms with van der Waals surface area (Å²) < 4.78 is 10.6. The Hall–Kier alpha value is -2.34. The van der Waals surface area contributed by atoms with Crippen LogP contribution in [0.25, 0.3) is 0 Å². The van der Waals surface area contributed by atoms with E-state index in [1.165, 1.54) is 0 Å². The van der Waals surface area contributed by atoms with Crippen LogP contribution in [0, 0.1) is 5.92 Å². The summed E-state index contributed by atoms with van der Waals surface area (Å²) in [5.74, 6) is -0.406. The van der Waals surface area contributed by atoms with Gasteiger partial charge < -0.3 is 19.7 Å². The monoisotopic (exact) mass is 358 g/mol. The van der Waals surface area contributed by atoms with Crippen LogP contribution in [0.2, 0.25) is 0 Å². The first-order valence-corrected chi connectivity index (χ1v) is 9.21. The van der Waals surface area contributed by atoms with Crippen molar-refractivity contribution in [2.75, 3.05) is 36.5 Å². The van der Waals surface area contributed by atoms with E-state index < -0.39 is 6.10 Å². The molecule has 1 aromatic rings. The molecule has 1 fully saturated rings. The molecule has 6 heteroatoms. The summed E-state index contributed by atoms with van der Waals surface area (Å²) in [6.45, 7) is 4.81. The molecule has 26 heavy (non-hydrogen) atoms. The highest BCUT2D eigenvalue weighted by Crippen LogP contribution is 2.21. The second-order valence-electron chi connectivity index (χ2n) is 6.74. The Morgan fingerprint density at radius 2 is 2.00 bits per heavy atom. The molecule has 1 aliphatic heterocycles. The number of nitrogens with zero attached hydrogens (tertiary/aromatic N) is 1. The van der Waals surface area contributed by atoms with Crippen LogP contribution in [-0.4, -0.2) is 44.3 Å². The summed E-state index contributed by atoms with van der Waals surface area (Å²) in [6.07, 6.45) is 5.63. The van der Waals surface area contributed by atoms with E-state index in [2.05, 4.69) is 16.3 Å². The second kappa shape index (κ2) is 8.85. The van der Waals surface area contributed by atoms with E-state index in [1.54, 1.807) is 6.92 Å². The third kappa shape index (κ3) is 5.08. The van der Waals surface area contributed by atoms with Crippen molar-refractivity contribution >= 4 is 23.3 Å². The molecule has 0 bridgehead atoms. The molecule has 1 saturated heterocycles. The zero-order valence-corrected chi connectivity index (χ0v) is 15.1. The molecule has 0 saturated carbocycles. The van der Waals surface area contributed by atoms with Gasteiger partial charge in [-0.15, -0.1) is 0 Å². The number of morpholine rings is 1. The molecular weight excluding hydrogens is 332 g/mol. The summed E-state index contributed by atoms with van der Waals surface area (Å²) >= 11 is 0. The summed E-state index contributed by atoms with van der Waals surface area (Å²) in [6, 6.07) is 7.68. The van der Waals surface area contributed by atoms with E-state index in [0.29, 0.717) is 12.1 Å². The number of esters is 1. The van der Waals surface area contributed by atoms with Gasteiger partial charge >= 0.3 is 5.97 Å². The molecule has 1 aliphatic carbocycles. The average Bonchev–Trinajstić information content (AvgIpc) is 3.16. The summed E-state index contributed by atoms with van der Waals surface area (Å²) in [4.78, 5) is 26.4. The highest BCUT2D eigenvalue weighted by atomic mass is 16.5. The number of ether oxygens (including phenoxy) is 2. The summed E-state index contributed by atoms with van der Waals surface area (Å²) in [5.41, 5.74) is 1.80. The highest BCUT2D eigenvalue weighted by Gasteiger charge is 2.21. The minimum atomic E-state index is -0.813. The maximum Gasteiger partial charge on any atom is 0.307 e. The SMILES string of the molecule is C[C@H](OC(=O)C[C@H]1C=CCC1)C(=O)Nc1ccc(N2CCOCC2)cc1. The number of hydrogen-bond donors (Lipinski definition) is 1. The van der Waals surface area contributed by atoms with Gasteiger partial charge in [0.25, 0.3) is 5.91 Å². The van der Waals surface area contributed by atoms with Crippen molar-refractivity contribution in [1.82, 2.24) is 0 Å². The van der Waals surface area contributed by atoms with Gasteiger partial charge in [0.15, 0.2) is 6.10 Å². The minimum absolute atomic E-state index is 0.241. The standard InChI is InChI=1S/C20H26N2O4/c1-15(26-19(23)14-16-4-2-3-5-16)20(24)21-17-6-8-18(9-7-17)22-10-12-25-13-11-22/h2,4,6-9,15-16H,3,5,10-14H2,1H3,(H,21,24)/t15-,16-/m0/s1. The Balaban J connectivity index is 1.47. The number of allylic oxidation sites excluding steroid dienone is 2. The van der Waals surface area contributed by atoms with Gasteiger partial charge in [0.05, 0.1) is 19.6 Å². The molecule has 0 unspecified atom stereocenters. The van der Waals surface area contributed by atoms with Crippen LogP contribution in [0.3, 0.4) is 0 Å². The molecule has 1 heterocycles. The Kier molecular flexibility index (Phi) is 6.28. The number of benzene rings is 1. The van der Waals surface area contributed by atoms with Crippen LogP contribution in [-0.2, 0) is 19.1 Å². The van der Waals surface area contributed by atoms with Crippen molar-refractivity contribution in [3.05, 3.63) is 36.4 Å². The van der Waals surface area contributed by atoms with Gasteiger partial charge in [0.1, 0.15) is 0 Å². The van der Waals surface area contributed by atoms with Gasteiger partial charge in [0.2, 0.25) is 0 Å². The lowest BCUT2D eigenvalue weighted by Gasteiger charge is -2.28. The molecule has 1 amide bonds. The Morgan fingerprint density at radius 1 is 1.27 bits per heavy atom. The topological polar surface area (TPSA) is 67.9 Å². The first kappa shape index (κ1) is 18.5. The van der Waals surface area contributed by atoms with Gasteiger partial charge in [0, 0.05) is 24.5 Å². The average molecular weight is 358 g/mol. The summed E-state index contributed by atoms with van der Waals surface area (Å²) in [5, 5.41) is 2.80. The predicted octanol–water partition coefficient (Wildman–Crippen LogP) is 2.75. The van der Waals surface area contributed by atoms with Gasteiger partial charge in [-0.3, -0.25) is 9.59 Å². The Morgan fingerprint density at radius 3 is 2.65 bits per heavy atom. The van der Waals surface area contributed by atoms with Crippen LogP contribution >= 0.6 is 0 Å². The van der Waals surface area contributed by atoms with Crippen LogP contribution in [0.5, 0.6) is 0 Å². The third-order valence-corrected chi connectivity index (χ3v) is 4.73. The van der Waals surface area contributed by atoms with E-state index in [1.807, 2.05) is 30.3 Å². The number of anilines is 2. The molecule has 0 spiro atoms. The molecule has 3 rings (SSSR count). The molecule has 0 radical (unpaired) electrons. The second-order valence-corrected chi connectivity index (χ2v) is 6.74. The van der Waals surface area contributed by atoms with Crippen LogP contribution < -0.4 is 10.2 Å². The van der Waals surface area contributed by atoms with Gasteiger partial charge in [-0.2, -0.15) is 0 Å². The fourth-order valence-corrected chi connectivity index (χ4v) is 3.20. The van der Waals surface area contributed by atoms with E-state index in [4.69, 9.17) is 9.47 Å². The number of nitrogens with one attached hydrogen (secondary N) is 1. The fourth-order valence-electron chi connectivity index (χ4n) is 3.20. The molecule has 1 aromatic carbocycles. The van der Waals surface area contributed by atoms with Crippen molar-refractivity contribution < 1.29 is 19.1 Å². The van der Waals surface area contributed by atoms with E-state index in [-0.39, 0.29) is 17.8 Å². The third-order valence-electron chi connectivity index (χ3n) is 4.73. The lowest BCUT2D eigenvalue weighted by atomic mass is 10.1. The zero-order valence-electron chi connectivity index (χ0n) is 15.1. The lowest BCUT2D eigenvalue weighted by molar-refractivity contribution is -0.153. The fraction of sp³-hybridized carbons (Fsp3) is 0.500. The molecule has 6 nitrogen and oxygen atoms in total. The van der Waals surface area contributed by atoms with Crippen molar-refractivity contribution in [3.8, 4) is 0 Å². The molecular formula is C20H26N2O4. The number of amides is 1. The van der Waals surface area contributed by atoms with E-state index >= 15 is 0 Å². The largest absolute Gasteiger partial charge is 0.453 e. The predicted molar refractivity (Wildman–Crippen MR) is 100 cm³/mol. The Labute approximate surface area is 154 Å². The number of hydrogen-bond acceptors (Lipinski definition) is 5. The maximum absolute atomic E-state index is 12.2. The van der Waals surface area contributed by atoms with Crippen molar-refractivity contribution in [2.24, 2.45) is 5.92 Å². The van der Waals surface area contributed by atoms with Crippen molar-refractivity contribution in [3.63, 3.8) is 0 Å². The van der Waals surface area contributed by atoms with Crippen LogP contribution in [0.15, 0.2) is 36.4 Å². The normalized spacial score (nSPS) is 20.7. The van der Waals surface area contributed by atoms with Crippen LogP contribution in [0.4, 0.5) is 11.4 Å². The number of rotatable bonds is 6. The minimum Gasteiger partial charge on any atom is -0.453 e. The van der Waals surface area contributed by atoms with E-state index in [9.17, 15) is 9.59 Å². The highest BCUT2D eigenvalue weighted by molar-refractivity contribution is 5.95. The number of carbonyl (C=O) groups is 2. The molecule has 2 aliphatic rings. The number of carbonyl (C=O) groups excluding carboxylic acids is 2. The molecule has 140 valence electrons. The Bertz CT molecular complexity index is 650. The van der Waals surface area contributed by atoms with Gasteiger partial charge in [-0.05, 0) is 49.9 Å². The lowest BCUT2D eigenvalue weighted by Crippen LogP contribution is -2.36.